The molecule has 28 heavy (non-hydrogen) atoms. The average Bonchev–Trinajstić information content (AvgIpc) is 2.73. The molecular formula is C25H25N2O+. The van der Waals surface area contributed by atoms with Crippen molar-refractivity contribution in [3.63, 3.8) is 0 Å². The van der Waals surface area contributed by atoms with Gasteiger partial charge in [0.15, 0.2) is 12.0 Å². The summed E-state index contributed by atoms with van der Waals surface area (Å²) in [5, 5.41) is 4.87. The van der Waals surface area contributed by atoms with Crippen LogP contribution in [0.3, 0.4) is 0 Å². The lowest BCUT2D eigenvalue weighted by Gasteiger charge is -2.34. The number of ketones is 1. The average molecular weight is 369 g/mol. The number of nitrogens with one attached hydrogen (secondary N) is 2. The number of fused-ring (bicyclic) bond motifs is 4. The van der Waals surface area contributed by atoms with Crippen LogP contribution in [0.2, 0.25) is 0 Å². The number of H-pyrrole nitrogens is 1. The molecule has 1 unspecified atom stereocenters. The lowest BCUT2D eigenvalue weighted by molar-refractivity contribution is -0.344. The molecule has 0 radical (unpaired) electrons. The minimum Gasteiger partial charge on any atom is -0.373 e. The maximum atomic E-state index is 13.0. The molecule has 3 aromatic rings. The molecule has 0 amide bonds. The molecule has 0 spiro atoms. The summed E-state index contributed by atoms with van der Waals surface area (Å²) in [5.74, 6) is 0.789. The highest BCUT2D eigenvalue weighted by Crippen LogP contribution is 2.47. The van der Waals surface area contributed by atoms with Crippen molar-refractivity contribution in [2.75, 3.05) is 5.32 Å². The number of hydrogen-bond acceptors (Lipinski definition) is 2. The Balaban J connectivity index is 1.71. The Kier molecular flexibility index (Phi) is 4.04. The summed E-state index contributed by atoms with van der Waals surface area (Å²) in [6.45, 7) is 4.41. The van der Waals surface area contributed by atoms with E-state index in [9.17, 15) is 4.79 Å². The van der Waals surface area contributed by atoms with Gasteiger partial charge in [0, 0.05) is 35.4 Å². The normalized spacial score (nSPS) is 18.8. The van der Waals surface area contributed by atoms with Gasteiger partial charge in [-0.25, -0.2) is 4.98 Å². The first-order valence-corrected chi connectivity index (χ1v) is 10.2. The van der Waals surface area contributed by atoms with Crippen LogP contribution in [-0.2, 0) is 4.79 Å². The van der Waals surface area contributed by atoms with E-state index in [2.05, 4.69) is 66.6 Å². The van der Waals surface area contributed by atoms with Crippen LogP contribution in [0.25, 0.3) is 16.5 Å². The molecule has 0 fully saturated rings. The van der Waals surface area contributed by atoms with Gasteiger partial charge in [-0.2, -0.15) is 0 Å². The Bertz CT molecular complexity index is 1110. The van der Waals surface area contributed by atoms with Crippen LogP contribution in [0.5, 0.6) is 0 Å². The SMILES string of the molecule is CC(C)c1ccc(C2Nc3ccc4[nH+]cccc4c3C3=C2C(=O)CCC3)cc1. The number of aromatic nitrogens is 1. The fourth-order valence-electron chi connectivity index (χ4n) is 4.66. The molecule has 0 bridgehead atoms. The Morgan fingerprint density at radius 1 is 1.04 bits per heavy atom. The summed E-state index contributed by atoms with van der Waals surface area (Å²) in [6, 6.07) is 17.1. The number of benzene rings is 2. The molecule has 5 rings (SSSR count). The summed E-state index contributed by atoms with van der Waals surface area (Å²) in [4.78, 5) is 16.4. The van der Waals surface area contributed by atoms with Gasteiger partial charge in [-0.15, -0.1) is 0 Å². The predicted molar refractivity (Wildman–Crippen MR) is 113 cm³/mol. The number of Topliss-reactive ketones (excluding diaryl/α,β-unsaturated/α-hetero) is 1. The second-order valence-electron chi connectivity index (χ2n) is 8.19. The van der Waals surface area contributed by atoms with E-state index < -0.39 is 0 Å². The largest absolute Gasteiger partial charge is 0.373 e. The van der Waals surface area contributed by atoms with Gasteiger partial charge in [-0.05, 0) is 47.6 Å². The molecule has 2 heterocycles. The van der Waals surface area contributed by atoms with E-state index in [0.717, 1.165) is 35.2 Å². The molecule has 1 aliphatic heterocycles. The number of carbonyl (C=O) groups excluding carboxylic acids is 1. The first-order chi connectivity index (χ1) is 13.6. The van der Waals surface area contributed by atoms with E-state index in [1.807, 2.05) is 12.3 Å². The maximum absolute atomic E-state index is 13.0. The standard InChI is InChI=1S/C25H24N2O/c1-15(2)16-8-10-17(11-9-16)25-24-19(5-3-7-22(24)28)23-18-6-4-14-26-20(18)12-13-21(23)27-25/h4,6,8-15,25,27H,3,5,7H2,1-2H3/p+1. The van der Waals surface area contributed by atoms with Crippen molar-refractivity contribution >= 4 is 27.9 Å². The second-order valence-corrected chi connectivity index (χ2v) is 8.19. The number of pyridine rings is 1. The van der Waals surface area contributed by atoms with E-state index in [1.54, 1.807) is 0 Å². The van der Waals surface area contributed by atoms with Gasteiger partial charge in [0.1, 0.15) is 0 Å². The molecule has 1 aromatic heterocycles. The summed E-state index contributed by atoms with van der Waals surface area (Å²) >= 11 is 0. The van der Waals surface area contributed by atoms with Crippen molar-refractivity contribution in [2.45, 2.75) is 45.1 Å². The molecular weight excluding hydrogens is 344 g/mol. The molecule has 3 heteroatoms. The van der Waals surface area contributed by atoms with Crippen molar-refractivity contribution in [1.82, 2.24) is 0 Å². The summed E-state index contributed by atoms with van der Waals surface area (Å²) in [5.41, 5.74) is 8.11. The minimum atomic E-state index is -0.0679. The summed E-state index contributed by atoms with van der Waals surface area (Å²) in [6.07, 6.45) is 4.49. The second kappa shape index (κ2) is 6.59. The fourth-order valence-corrected chi connectivity index (χ4v) is 4.66. The van der Waals surface area contributed by atoms with Crippen LogP contribution in [0.4, 0.5) is 5.69 Å². The third-order valence-electron chi connectivity index (χ3n) is 6.13. The van der Waals surface area contributed by atoms with Gasteiger partial charge in [0.25, 0.3) is 0 Å². The molecule has 1 aliphatic carbocycles. The smallest absolute Gasteiger partial charge is 0.211 e. The molecule has 2 aromatic carbocycles. The van der Waals surface area contributed by atoms with Crippen LogP contribution in [-0.4, -0.2) is 5.78 Å². The highest BCUT2D eigenvalue weighted by molar-refractivity contribution is 6.11. The number of hydrogen-bond donors (Lipinski definition) is 1. The number of rotatable bonds is 2. The molecule has 2 N–H and O–H groups in total. The Labute approximate surface area is 165 Å². The Morgan fingerprint density at radius 3 is 2.64 bits per heavy atom. The highest BCUT2D eigenvalue weighted by Gasteiger charge is 2.35. The lowest BCUT2D eigenvalue weighted by Crippen LogP contribution is -2.27. The molecule has 0 saturated heterocycles. The zero-order chi connectivity index (χ0) is 19.3. The van der Waals surface area contributed by atoms with Gasteiger partial charge in [0.2, 0.25) is 5.52 Å². The molecule has 140 valence electrons. The van der Waals surface area contributed by atoms with Gasteiger partial charge < -0.3 is 5.32 Å². The number of allylic oxidation sites excluding steroid dienone is 1. The monoisotopic (exact) mass is 369 g/mol. The first kappa shape index (κ1) is 17.2. The van der Waals surface area contributed by atoms with Gasteiger partial charge in [-0.3, -0.25) is 4.79 Å². The van der Waals surface area contributed by atoms with Crippen LogP contribution in [0.1, 0.15) is 61.8 Å². The van der Waals surface area contributed by atoms with Gasteiger partial charge in [-0.1, -0.05) is 38.1 Å². The predicted octanol–water partition coefficient (Wildman–Crippen LogP) is 5.45. The Morgan fingerprint density at radius 2 is 1.86 bits per heavy atom. The van der Waals surface area contributed by atoms with E-state index >= 15 is 0 Å². The van der Waals surface area contributed by atoms with E-state index in [0.29, 0.717) is 12.3 Å². The number of carbonyl (C=O) groups is 1. The summed E-state index contributed by atoms with van der Waals surface area (Å²) in [7, 11) is 0. The van der Waals surface area contributed by atoms with Crippen LogP contribution in [0.15, 0.2) is 60.3 Å². The van der Waals surface area contributed by atoms with Crippen molar-refractivity contribution in [3.05, 3.63) is 77.0 Å². The number of anilines is 1. The Hall–Kier alpha value is -2.94. The van der Waals surface area contributed by atoms with Crippen molar-refractivity contribution in [3.8, 4) is 0 Å². The van der Waals surface area contributed by atoms with Crippen molar-refractivity contribution < 1.29 is 9.78 Å². The maximum Gasteiger partial charge on any atom is 0.211 e. The first-order valence-electron chi connectivity index (χ1n) is 10.2. The van der Waals surface area contributed by atoms with Crippen LogP contribution in [0, 0.1) is 0 Å². The number of aromatic amines is 1. The van der Waals surface area contributed by atoms with E-state index in [-0.39, 0.29) is 11.8 Å². The topological polar surface area (TPSA) is 43.2 Å². The fraction of sp³-hybridized carbons (Fsp3) is 0.280. The van der Waals surface area contributed by atoms with E-state index in [4.69, 9.17) is 0 Å². The minimum absolute atomic E-state index is 0.0679. The van der Waals surface area contributed by atoms with Crippen LogP contribution >= 0.6 is 0 Å². The molecule has 2 aliphatic rings. The quantitative estimate of drug-likeness (QED) is 0.653. The zero-order valence-corrected chi connectivity index (χ0v) is 16.4. The lowest BCUT2D eigenvalue weighted by atomic mass is 9.77. The van der Waals surface area contributed by atoms with Gasteiger partial charge >= 0.3 is 0 Å². The third-order valence-corrected chi connectivity index (χ3v) is 6.13. The molecule has 3 nitrogen and oxygen atoms in total. The van der Waals surface area contributed by atoms with Gasteiger partial charge in [0.05, 0.1) is 11.4 Å². The third kappa shape index (κ3) is 2.65. The zero-order valence-electron chi connectivity index (χ0n) is 16.4. The molecule has 1 atom stereocenters. The molecule has 0 saturated carbocycles. The highest BCUT2D eigenvalue weighted by atomic mass is 16.1. The van der Waals surface area contributed by atoms with E-state index in [1.165, 1.54) is 22.1 Å². The van der Waals surface area contributed by atoms with Crippen molar-refractivity contribution in [1.29, 1.82) is 0 Å². The van der Waals surface area contributed by atoms with Crippen molar-refractivity contribution in [2.24, 2.45) is 0 Å². The summed E-state index contributed by atoms with van der Waals surface area (Å²) < 4.78 is 0. The van der Waals surface area contributed by atoms with Crippen LogP contribution < -0.4 is 10.3 Å².